The summed E-state index contributed by atoms with van der Waals surface area (Å²) < 4.78 is 0. The number of rotatable bonds is 3. The smallest absolute Gasteiger partial charge is 0.158 e. The van der Waals surface area contributed by atoms with Crippen molar-refractivity contribution in [1.82, 2.24) is 0 Å². The van der Waals surface area contributed by atoms with Crippen LogP contribution in [0.1, 0.15) is 40.0 Å². The van der Waals surface area contributed by atoms with Crippen LogP contribution in [0.3, 0.4) is 0 Å². The number of hydrogen-bond acceptors (Lipinski definition) is 3. The Bertz CT molecular complexity index is 289. The van der Waals surface area contributed by atoms with Gasteiger partial charge in [-0.25, -0.2) is 0 Å². The number of carbonyl (C=O) groups excluding carboxylic acids is 1. The fourth-order valence-corrected chi connectivity index (χ4v) is 2.17. The molecular formula is C12H20O3. The molecule has 0 bridgehead atoms. The Hall–Kier alpha value is -0.670. The summed E-state index contributed by atoms with van der Waals surface area (Å²) in [4.78, 5) is 11.6. The highest BCUT2D eigenvalue weighted by Gasteiger charge is 2.32. The maximum atomic E-state index is 11.6. The minimum atomic E-state index is -0.750. The molecule has 0 amide bonds. The van der Waals surface area contributed by atoms with E-state index >= 15 is 0 Å². The van der Waals surface area contributed by atoms with E-state index in [4.69, 9.17) is 5.11 Å². The number of allylic oxidation sites excluding steroid dienone is 1. The van der Waals surface area contributed by atoms with Gasteiger partial charge in [-0.3, -0.25) is 4.79 Å². The summed E-state index contributed by atoms with van der Waals surface area (Å²) in [7, 11) is 0. The molecule has 1 atom stereocenters. The Labute approximate surface area is 90.8 Å². The summed E-state index contributed by atoms with van der Waals surface area (Å²) in [5, 5.41) is 18.3. The lowest BCUT2D eigenvalue weighted by Crippen LogP contribution is -2.28. The van der Waals surface area contributed by atoms with Gasteiger partial charge >= 0.3 is 0 Å². The van der Waals surface area contributed by atoms with Crippen LogP contribution in [-0.2, 0) is 4.79 Å². The number of hydrogen-bond donors (Lipinski definition) is 2. The van der Waals surface area contributed by atoms with E-state index in [1.54, 1.807) is 0 Å². The molecule has 0 heterocycles. The van der Waals surface area contributed by atoms with E-state index in [1.807, 2.05) is 6.92 Å². The molecule has 0 aromatic rings. The third-order valence-corrected chi connectivity index (χ3v) is 3.32. The van der Waals surface area contributed by atoms with E-state index in [0.29, 0.717) is 12.8 Å². The van der Waals surface area contributed by atoms with Crippen LogP contribution < -0.4 is 0 Å². The zero-order valence-electron chi connectivity index (χ0n) is 9.71. The summed E-state index contributed by atoms with van der Waals surface area (Å²) in [5.74, 6) is 0.175. The first kappa shape index (κ1) is 12.4. The monoisotopic (exact) mass is 212 g/mol. The second-order valence-corrected chi connectivity index (χ2v) is 4.95. The van der Waals surface area contributed by atoms with Crippen molar-refractivity contribution in [2.24, 2.45) is 5.41 Å². The zero-order valence-corrected chi connectivity index (χ0v) is 9.71. The fraction of sp³-hybridized carbons (Fsp3) is 0.750. The molecule has 0 saturated heterocycles. The van der Waals surface area contributed by atoms with Crippen molar-refractivity contribution in [3.05, 3.63) is 11.1 Å². The van der Waals surface area contributed by atoms with Crippen LogP contribution >= 0.6 is 0 Å². The van der Waals surface area contributed by atoms with Crippen LogP contribution in [0.25, 0.3) is 0 Å². The number of aliphatic hydroxyl groups is 2. The standard InChI is InChI=1S/C12H20O3/c1-8-10(6-9(14)7-13)12(2,3)5-4-11(8)15/h9,13-14H,4-7H2,1-3H3. The predicted octanol–water partition coefficient (Wildman–Crippen LogP) is 1.44. The Kier molecular flexibility index (Phi) is 3.68. The van der Waals surface area contributed by atoms with Gasteiger partial charge in [-0.15, -0.1) is 0 Å². The van der Waals surface area contributed by atoms with Gasteiger partial charge < -0.3 is 10.2 Å². The third kappa shape index (κ3) is 2.67. The Balaban J connectivity index is 2.96. The van der Waals surface area contributed by atoms with Crippen molar-refractivity contribution in [1.29, 1.82) is 0 Å². The molecule has 1 unspecified atom stereocenters. The van der Waals surface area contributed by atoms with Crippen LogP contribution in [0.5, 0.6) is 0 Å². The van der Waals surface area contributed by atoms with Crippen LogP contribution in [0.4, 0.5) is 0 Å². The summed E-state index contributed by atoms with van der Waals surface area (Å²) in [6.07, 6.45) is 1.08. The number of ketones is 1. The molecule has 1 aliphatic rings. The first-order valence-electron chi connectivity index (χ1n) is 5.41. The average molecular weight is 212 g/mol. The van der Waals surface area contributed by atoms with Gasteiger partial charge in [-0.1, -0.05) is 19.4 Å². The molecule has 15 heavy (non-hydrogen) atoms. The third-order valence-electron chi connectivity index (χ3n) is 3.32. The molecule has 2 N–H and O–H groups in total. The lowest BCUT2D eigenvalue weighted by Gasteiger charge is -2.34. The second kappa shape index (κ2) is 4.45. The van der Waals surface area contributed by atoms with E-state index in [0.717, 1.165) is 17.6 Å². The van der Waals surface area contributed by atoms with Crippen molar-refractivity contribution < 1.29 is 15.0 Å². The van der Waals surface area contributed by atoms with E-state index in [-0.39, 0.29) is 17.8 Å². The number of Topliss-reactive ketones (excluding diaryl/α,β-unsaturated/α-hetero) is 1. The van der Waals surface area contributed by atoms with Crippen molar-refractivity contribution in [2.75, 3.05) is 6.61 Å². The Morgan fingerprint density at radius 1 is 1.47 bits per heavy atom. The SMILES string of the molecule is CC1=C(CC(O)CO)C(C)(C)CCC1=O. The van der Waals surface area contributed by atoms with Crippen LogP contribution in [0, 0.1) is 5.41 Å². The summed E-state index contributed by atoms with van der Waals surface area (Å²) in [6.45, 7) is 5.74. The number of aliphatic hydroxyl groups excluding tert-OH is 2. The summed E-state index contributed by atoms with van der Waals surface area (Å²) >= 11 is 0. The largest absolute Gasteiger partial charge is 0.394 e. The molecule has 3 heteroatoms. The Morgan fingerprint density at radius 2 is 2.07 bits per heavy atom. The van der Waals surface area contributed by atoms with Crippen LogP contribution in [0.15, 0.2) is 11.1 Å². The van der Waals surface area contributed by atoms with Crippen molar-refractivity contribution in [3.8, 4) is 0 Å². The second-order valence-electron chi connectivity index (χ2n) is 4.95. The molecule has 0 spiro atoms. The van der Waals surface area contributed by atoms with Gasteiger partial charge in [-0.05, 0) is 30.8 Å². The molecule has 0 aromatic heterocycles. The molecular weight excluding hydrogens is 192 g/mol. The van der Waals surface area contributed by atoms with Crippen molar-refractivity contribution in [3.63, 3.8) is 0 Å². The Morgan fingerprint density at radius 3 is 2.60 bits per heavy atom. The highest BCUT2D eigenvalue weighted by molar-refractivity contribution is 5.96. The molecule has 0 aromatic carbocycles. The highest BCUT2D eigenvalue weighted by Crippen LogP contribution is 2.40. The van der Waals surface area contributed by atoms with Crippen LogP contribution in [-0.4, -0.2) is 28.7 Å². The van der Waals surface area contributed by atoms with Gasteiger partial charge in [0.15, 0.2) is 5.78 Å². The molecule has 0 radical (unpaired) electrons. The van der Waals surface area contributed by atoms with Crippen molar-refractivity contribution >= 4 is 5.78 Å². The molecule has 3 nitrogen and oxygen atoms in total. The van der Waals surface area contributed by atoms with E-state index in [1.165, 1.54) is 0 Å². The van der Waals surface area contributed by atoms with Gasteiger partial charge in [0.05, 0.1) is 12.7 Å². The maximum Gasteiger partial charge on any atom is 0.158 e. The highest BCUT2D eigenvalue weighted by atomic mass is 16.3. The molecule has 86 valence electrons. The van der Waals surface area contributed by atoms with Crippen LogP contribution in [0.2, 0.25) is 0 Å². The van der Waals surface area contributed by atoms with E-state index in [9.17, 15) is 9.90 Å². The lowest BCUT2D eigenvalue weighted by atomic mass is 9.70. The van der Waals surface area contributed by atoms with Gasteiger partial charge in [0.25, 0.3) is 0 Å². The summed E-state index contributed by atoms with van der Waals surface area (Å²) in [6, 6.07) is 0. The predicted molar refractivity (Wildman–Crippen MR) is 58.4 cm³/mol. The van der Waals surface area contributed by atoms with Crippen molar-refractivity contribution in [2.45, 2.75) is 46.1 Å². The molecule has 1 rings (SSSR count). The maximum absolute atomic E-state index is 11.6. The molecule has 1 aliphatic carbocycles. The number of carbonyl (C=O) groups is 1. The molecule has 0 aliphatic heterocycles. The summed E-state index contributed by atoms with van der Waals surface area (Å²) in [5.41, 5.74) is 1.74. The topological polar surface area (TPSA) is 57.5 Å². The van der Waals surface area contributed by atoms with Gasteiger partial charge in [0.1, 0.15) is 0 Å². The molecule has 0 saturated carbocycles. The zero-order chi connectivity index (χ0) is 11.6. The van der Waals surface area contributed by atoms with E-state index < -0.39 is 6.10 Å². The fourth-order valence-electron chi connectivity index (χ4n) is 2.17. The van der Waals surface area contributed by atoms with Gasteiger partial charge in [0, 0.05) is 6.42 Å². The normalized spacial score (nSPS) is 23.1. The minimum absolute atomic E-state index is 0.0336. The average Bonchev–Trinajstić information content (AvgIpc) is 2.19. The quantitative estimate of drug-likeness (QED) is 0.744. The van der Waals surface area contributed by atoms with Gasteiger partial charge in [0.2, 0.25) is 0 Å². The minimum Gasteiger partial charge on any atom is -0.394 e. The molecule has 0 fully saturated rings. The first-order chi connectivity index (χ1) is 6.88. The van der Waals surface area contributed by atoms with E-state index in [2.05, 4.69) is 13.8 Å². The lowest BCUT2D eigenvalue weighted by molar-refractivity contribution is -0.116. The van der Waals surface area contributed by atoms with Gasteiger partial charge in [-0.2, -0.15) is 0 Å². The first-order valence-corrected chi connectivity index (χ1v) is 5.41.